The Bertz CT molecular complexity index is 558. The number of hydrogen-bond donors (Lipinski definition) is 0. The van der Waals surface area contributed by atoms with Gasteiger partial charge in [-0.15, -0.1) is 0 Å². The molecule has 0 fully saturated rings. The summed E-state index contributed by atoms with van der Waals surface area (Å²) in [7, 11) is 0. The highest BCUT2D eigenvalue weighted by Crippen LogP contribution is 2.29. The number of alkyl halides is 3. The second-order valence-corrected chi connectivity index (χ2v) is 3.97. The van der Waals surface area contributed by atoms with Crippen LogP contribution >= 0.6 is 0 Å². The Morgan fingerprint density at radius 2 is 1.89 bits per heavy atom. The van der Waals surface area contributed by atoms with E-state index in [1.165, 1.54) is 18.4 Å². The third-order valence-electron chi connectivity index (χ3n) is 2.53. The van der Waals surface area contributed by atoms with Crippen LogP contribution in [0.3, 0.4) is 0 Å². The topological polar surface area (TPSA) is 43.1 Å². The summed E-state index contributed by atoms with van der Waals surface area (Å²) in [6.07, 6.45) is -1.81. The molecule has 0 N–H and O–H groups in total. The molecule has 19 heavy (non-hydrogen) atoms. The van der Waals surface area contributed by atoms with Gasteiger partial charge in [-0.05, 0) is 17.7 Å². The molecule has 0 atom stereocenters. The lowest BCUT2D eigenvalue weighted by atomic mass is 10.1. The number of nitrogens with zero attached hydrogens (tertiary/aromatic N) is 1. The summed E-state index contributed by atoms with van der Waals surface area (Å²) < 4.78 is 42.2. The van der Waals surface area contributed by atoms with Gasteiger partial charge in [0.15, 0.2) is 5.89 Å². The molecule has 0 saturated heterocycles. The van der Waals surface area contributed by atoms with Gasteiger partial charge >= 0.3 is 6.18 Å². The Balaban J connectivity index is 2.08. The normalized spacial score (nSPS) is 11.5. The second kappa shape index (κ2) is 5.26. The van der Waals surface area contributed by atoms with E-state index < -0.39 is 11.7 Å². The van der Waals surface area contributed by atoms with Crippen LogP contribution in [0.5, 0.6) is 0 Å². The quantitative estimate of drug-likeness (QED) is 0.801. The van der Waals surface area contributed by atoms with Gasteiger partial charge in [0.2, 0.25) is 0 Å². The van der Waals surface area contributed by atoms with E-state index in [-0.39, 0.29) is 12.8 Å². The molecule has 3 nitrogen and oxygen atoms in total. The number of oxazole rings is 1. The second-order valence-electron chi connectivity index (χ2n) is 3.97. The van der Waals surface area contributed by atoms with Crippen molar-refractivity contribution in [3.63, 3.8) is 0 Å². The summed E-state index contributed by atoms with van der Waals surface area (Å²) in [6.45, 7) is 0. The van der Waals surface area contributed by atoms with E-state index >= 15 is 0 Å². The summed E-state index contributed by atoms with van der Waals surface area (Å²) in [5, 5.41) is 0. The molecule has 0 saturated carbocycles. The molecule has 2 rings (SSSR count). The number of hydrogen-bond acceptors (Lipinski definition) is 3. The maximum atomic E-state index is 12.4. The van der Waals surface area contributed by atoms with Crippen LogP contribution in [0.25, 0.3) is 0 Å². The fourth-order valence-corrected chi connectivity index (χ4v) is 1.60. The third kappa shape index (κ3) is 3.43. The third-order valence-corrected chi connectivity index (χ3v) is 2.53. The molecule has 0 spiro atoms. The van der Waals surface area contributed by atoms with Crippen molar-refractivity contribution in [2.24, 2.45) is 0 Å². The highest BCUT2D eigenvalue weighted by atomic mass is 19.4. The van der Waals surface area contributed by atoms with Crippen LogP contribution in [0.2, 0.25) is 0 Å². The van der Waals surface area contributed by atoms with Crippen molar-refractivity contribution < 1.29 is 22.4 Å². The Kier molecular flexibility index (Phi) is 3.69. The Morgan fingerprint density at radius 1 is 1.21 bits per heavy atom. The fraction of sp³-hybridized carbons (Fsp3) is 0.231. The first-order chi connectivity index (χ1) is 8.99. The van der Waals surface area contributed by atoms with Gasteiger partial charge in [-0.2, -0.15) is 13.2 Å². The average molecular weight is 269 g/mol. The summed E-state index contributed by atoms with van der Waals surface area (Å²) >= 11 is 0. The lowest BCUT2D eigenvalue weighted by Gasteiger charge is -2.06. The summed E-state index contributed by atoms with van der Waals surface area (Å²) in [5.41, 5.74) is 0.481. The standard InChI is InChI=1S/C13H10F3NO2/c14-13(15,16)10-3-1-9(2-4-10)7-12-17-11(5-6-18)8-19-12/h1-4,6,8H,5,7H2. The number of aromatic nitrogens is 1. The van der Waals surface area contributed by atoms with Crippen LogP contribution in [0.15, 0.2) is 34.9 Å². The Hall–Kier alpha value is -2.11. The van der Waals surface area contributed by atoms with Gasteiger partial charge in [0, 0.05) is 12.8 Å². The summed E-state index contributed by atoms with van der Waals surface area (Å²) in [6, 6.07) is 4.80. The van der Waals surface area contributed by atoms with Crippen molar-refractivity contribution in [2.75, 3.05) is 0 Å². The minimum Gasteiger partial charge on any atom is -0.448 e. The monoisotopic (exact) mass is 269 g/mol. The van der Waals surface area contributed by atoms with Gasteiger partial charge in [-0.3, -0.25) is 0 Å². The Morgan fingerprint density at radius 3 is 2.47 bits per heavy atom. The SMILES string of the molecule is O=CCc1coc(Cc2ccc(C(F)(F)F)cc2)n1. The lowest BCUT2D eigenvalue weighted by Crippen LogP contribution is -2.04. The molecule has 1 aromatic heterocycles. The largest absolute Gasteiger partial charge is 0.448 e. The zero-order valence-electron chi connectivity index (χ0n) is 9.78. The zero-order chi connectivity index (χ0) is 13.9. The molecular formula is C13H10F3NO2. The predicted octanol–water partition coefficient (Wildman–Crippen LogP) is 3.03. The molecule has 100 valence electrons. The first-order valence-electron chi connectivity index (χ1n) is 5.52. The highest BCUT2D eigenvalue weighted by molar-refractivity contribution is 5.53. The van der Waals surface area contributed by atoms with Crippen LogP contribution in [-0.2, 0) is 23.8 Å². The van der Waals surface area contributed by atoms with E-state index in [0.717, 1.165) is 12.1 Å². The number of rotatable bonds is 4. The van der Waals surface area contributed by atoms with Crippen LogP contribution in [0.1, 0.15) is 22.7 Å². The van der Waals surface area contributed by atoms with Gasteiger partial charge in [-0.25, -0.2) is 4.98 Å². The van der Waals surface area contributed by atoms with E-state index in [1.54, 1.807) is 0 Å². The van der Waals surface area contributed by atoms with Crippen LogP contribution in [0.4, 0.5) is 13.2 Å². The molecule has 0 aliphatic heterocycles. The van der Waals surface area contributed by atoms with Crippen molar-refractivity contribution in [3.8, 4) is 0 Å². The molecule has 0 aliphatic carbocycles. The minimum atomic E-state index is -4.33. The Labute approximate surface area is 107 Å². The molecule has 6 heteroatoms. The van der Waals surface area contributed by atoms with Gasteiger partial charge in [0.05, 0.1) is 11.3 Å². The van der Waals surface area contributed by atoms with Crippen LogP contribution in [0, 0.1) is 0 Å². The molecule has 1 aromatic carbocycles. The van der Waals surface area contributed by atoms with E-state index in [9.17, 15) is 18.0 Å². The number of carbonyl (C=O) groups is 1. The molecule has 0 unspecified atom stereocenters. The molecular weight excluding hydrogens is 259 g/mol. The van der Waals surface area contributed by atoms with E-state index in [0.29, 0.717) is 23.4 Å². The molecule has 0 radical (unpaired) electrons. The van der Waals surface area contributed by atoms with Crippen molar-refractivity contribution in [2.45, 2.75) is 19.0 Å². The van der Waals surface area contributed by atoms with Crippen molar-refractivity contribution >= 4 is 6.29 Å². The van der Waals surface area contributed by atoms with Crippen molar-refractivity contribution in [1.82, 2.24) is 4.98 Å². The first kappa shape index (κ1) is 13.3. The van der Waals surface area contributed by atoms with E-state index in [1.807, 2.05) is 0 Å². The fourth-order valence-electron chi connectivity index (χ4n) is 1.60. The number of aldehydes is 1. The van der Waals surface area contributed by atoms with Crippen LogP contribution < -0.4 is 0 Å². The van der Waals surface area contributed by atoms with Crippen LogP contribution in [-0.4, -0.2) is 11.3 Å². The number of benzene rings is 1. The zero-order valence-corrected chi connectivity index (χ0v) is 9.78. The highest BCUT2D eigenvalue weighted by Gasteiger charge is 2.29. The van der Waals surface area contributed by atoms with Gasteiger partial charge in [-0.1, -0.05) is 12.1 Å². The lowest BCUT2D eigenvalue weighted by molar-refractivity contribution is -0.137. The molecule has 2 aromatic rings. The van der Waals surface area contributed by atoms with Crippen molar-refractivity contribution in [3.05, 3.63) is 53.2 Å². The van der Waals surface area contributed by atoms with Gasteiger partial charge in [0.1, 0.15) is 12.5 Å². The maximum Gasteiger partial charge on any atom is 0.416 e. The predicted molar refractivity (Wildman–Crippen MR) is 60.5 cm³/mol. The van der Waals surface area contributed by atoms with Crippen molar-refractivity contribution in [1.29, 1.82) is 0 Å². The average Bonchev–Trinajstić information content (AvgIpc) is 2.77. The number of halogens is 3. The molecule has 1 heterocycles. The molecule has 0 bridgehead atoms. The van der Waals surface area contributed by atoms with Gasteiger partial charge < -0.3 is 9.21 Å². The first-order valence-corrected chi connectivity index (χ1v) is 5.52. The number of carbonyl (C=O) groups excluding carboxylic acids is 1. The molecule has 0 aliphatic rings. The summed E-state index contributed by atoms with van der Waals surface area (Å²) in [4.78, 5) is 14.3. The van der Waals surface area contributed by atoms with Gasteiger partial charge in [0.25, 0.3) is 0 Å². The minimum absolute atomic E-state index is 0.163. The maximum absolute atomic E-state index is 12.4. The molecule has 0 amide bonds. The van der Waals surface area contributed by atoms with E-state index in [2.05, 4.69) is 4.98 Å². The van der Waals surface area contributed by atoms with E-state index in [4.69, 9.17) is 4.42 Å². The smallest absolute Gasteiger partial charge is 0.416 e. The summed E-state index contributed by atoms with van der Waals surface area (Å²) in [5.74, 6) is 0.372.